The van der Waals surface area contributed by atoms with E-state index in [1.165, 1.54) is 5.56 Å². The Morgan fingerprint density at radius 3 is 2.23 bits per heavy atom. The quantitative estimate of drug-likeness (QED) is 0.871. The highest BCUT2D eigenvalue weighted by Gasteiger charge is 2.21. The van der Waals surface area contributed by atoms with E-state index in [2.05, 4.69) is 59.0 Å². The summed E-state index contributed by atoms with van der Waals surface area (Å²) in [6, 6.07) is 13.0. The van der Waals surface area contributed by atoms with Crippen molar-refractivity contribution in [3.05, 3.63) is 42.0 Å². The molecule has 1 saturated heterocycles. The summed E-state index contributed by atoms with van der Waals surface area (Å²) in [5, 5.41) is 8.94. The molecule has 116 valence electrons. The minimum atomic E-state index is 0.620. The molecule has 1 aliphatic heterocycles. The first-order chi connectivity index (χ1) is 10.6. The van der Waals surface area contributed by atoms with Crippen LogP contribution in [0.15, 0.2) is 36.4 Å². The fourth-order valence-corrected chi connectivity index (χ4v) is 2.99. The maximum atomic E-state index is 4.51. The van der Waals surface area contributed by atoms with Crippen molar-refractivity contribution in [2.75, 3.05) is 31.1 Å². The first-order valence-electron chi connectivity index (χ1n) is 8.04. The summed E-state index contributed by atoms with van der Waals surface area (Å²) in [4.78, 5) is 4.87. The Bertz CT molecular complexity index is 616. The van der Waals surface area contributed by atoms with Crippen molar-refractivity contribution in [2.45, 2.75) is 26.8 Å². The van der Waals surface area contributed by atoms with Crippen LogP contribution in [0.25, 0.3) is 11.3 Å². The molecule has 1 aromatic carbocycles. The highest BCUT2D eigenvalue weighted by Crippen LogP contribution is 2.23. The van der Waals surface area contributed by atoms with Crippen LogP contribution < -0.4 is 4.90 Å². The lowest BCUT2D eigenvalue weighted by molar-refractivity contribution is 0.209. The Morgan fingerprint density at radius 1 is 0.955 bits per heavy atom. The molecule has 1 fully saturated rings. The maximum Gasteiger partial charge on any atom is 0.154 e. The lowest BCUT2D eigenvalue weighted by Gasteiger charge is -2.37. The second-order valence-corrected chi connectivity index (χ2v) is 6.22. The Hall–Kier alpha value is -1.94. The molecular formula is C18H24N4. The molecule has 0 unspecified atom stereocenters. The summed E-state index contributed by atoms with van der Waals surface area (Å²) in [7, 11) is 0. The number of benzene rings is 1. The average molecular weight is 296 g/mol. The number of nitrogens with zero attached hydrogens (tertiary/aromatic N) is 4. The minimum Gasteiger partial charge on any atom is -0.352 e. The molecule has 0 aliphatic carbocycles. The first-order valence-corrected chi connectivity index (χ1v) is 8.04. The van der Waals surface area contributed by atoms with E-state index in [9.17, 15) is 0 Å². The van der Waals surface area contributed by atoms with Gasteiger partial charge in [-0.15, -0.1) is 10.2 Å². The molecule has 0 N–H and O–H groups in total. The third kappa shape index (κ3) is 3.12. The molecule has 0 saturated carbocycles. The molecule has 4 heteroatoms. The van der Waals surface area contributed by atoms with Gasteiger partial charge in [-0.05, 0) is 32.4 Å². The van der Waals surface area contributed by atoms with Crippen molar-refractivity contribution in [3.8, 4) is 11.3 Å². The van der Waals surface area contributed by atoms with Crippen LogP contribution in [0, 0.1) is 6.92 Å². The number of hydrogen-bond donors (Lipinski definition) is 0. The number of aryl methyl sites for hydroxylation is 1. The van der Waals surface area contributed by atoms with Crippen LogP contribution in [0.4, 0.5) is 5.82 Å². The van der Waals surface area contributed by atoms with Gasteiger partial charge < -0.3 is 4.90 Å². The summed E-state index contributed by atoms with van der Waals surface area (Å²) in [5.41, 5.74) is 3.27. The smallest absolute Gasteiger partial charge is 0.154 e. The molecule has 0 radical (unpaired) electrons. The van der Waals surface area contributed by atoms with Crippen molar-refractivity contribution < 1.29 is 0 Å². The van der Waals surface area contributed by atoms with Gasteiger partial charge in [-0.3, -0.25) is 4.90 Å². The molecule has 2 heterocycles. The fourth-order valence-electron chi connectivity index (χ4n) is 2.99. The first kappa shape index (κ1) is 15.0. The lowest BCUT2D eigenvalue weighted by atomic mass is 10.1. The van der Waals surface area contributed by atoms with E-state index in [-0.39, 0.29) is 0 Å². The van der Waals surface area contributed by atoms with Crippen LogP contribution in [-0.4, -0.2) is 47.3 Å². The normalized spacial score (nSPS) is 16.3. The Balaban J connectivity index is 1.76. The van der Waals surface area contributed by atoms with Crippen molar-refractivity contribution in [3.63, 3.8) is 0 Å². The molecule has 22 heavy (non-hydrogen) atoms. The number of aromatic nitrogens is 2. The van der Waals surface area contributed by atoms with E-state index in [0.717, 1.165) is 43.3 Å². The fraction of sp³-hybridized carbons (Fsp3) is 0.444. The van der Waals surface area contributed by atoms with Gasteiger partial charge >= 0.3 is 0 Å². The number of anilines is 1. The van der Waals surface area contributed by atoms with Crippen molar-refractivity contribution >= 4 is 5.82 Å². The van der Waals surface area contributed by atoms with Gasteiger partial charge in [0.05, 0.1) is 5.69 Å². The SMILES string of the molecule is Cc1cc(-c2ccccc2)nnc1N1CCN(C(C)C)CC1. The second-order valence-electron chi connectivity index (χ2n) is 6.22. The van der Waals surface area contributed by atoms with Crippen LogP contribution >= 0.6 is 0 Å². The average Bonchev–Trinajstić information content (AvgIpc) is 2.56. The van der Waals surface area contributed by atoms with Gasteiger partial charge in [-0.1, -0.05) is 30.3 Å². The number of piperazine rings is 1. The zero-order chi connectivity index (χ0) is 15.5. The van der Waals surface area contributed by atoms with Crippen LogP contribution in [-0.2, 0) is 0 Å². The monoisotopic (exact) mass is 296 g/mol. The Labute approximate surface area is 132 Å². The van der Waals surface area contributed by atoms with E-state index in [0.29, 0.717) is 6.04 Å². The third-order valence-corrected chi connectivity index (χ3v) is 4.37. The summed E-state index contributed by atoms with van der Waals surface area (Å²) < 4.78 is 0. The van der Waals surface area contributed by atoms with Gasteiger partial charge in [0, 0.05) is 37.8 Å². The predicted molar refractivity (Wildman–Crippen MR) is 91.1 cm³/mol. The Kier molecular flexibility index (Phi) is 4.39. The molecule has 4 nitrogen and oxygen atoms in total. The lowest BCUT2D eigenvalue weighted by Crippen LogP contribution is -2.49. The molecular weight excluding hydrogens is 272 g/mol. The van der Waals surface area contributed by atoms with E-state index < -0.39 is 0 Å². The van der Waals surface area contributed by atoms with Crippen molar-refractivity contribution in [1.29, 1.82) is 0 Å². The molecule has 0 bridgehead atoms. The van der Waals surface area contributed by atoms with E-state index in [1.54, 1.807) is 0 Å². The summed E-state index contributed by atoms with van der Waals surface area (Å²) in [6.45, 7) is 10.9. The molecule has 0 amide bonds. The number of rotatable bonds is 3. The highest BCUT2D eigenvalue weighted by atomic mass is 15.3. The van der Waals surface area contributed by atoms with Gasteiger partial charge in [0.25, 0.3) is 0 Å². The molecule has 3 rings (SSSR count). The third-order valence-electron chi connectivity index (χ3n) is 4.37. The molecule has 0 spiro atoms. The zero-order valence-corrected chi connectivity index (χ0v) is 13.7. The Morgan fingerprint density at radius 2 is 1.64 bits per heavy atom. The maximum absolute atomic E-state index is 4.51. The summed E-state index contributed by atoms with van der Waals surface area (Å²) in [6.07, 6.45) is 0. The zero-order valence-electron chi connectivity index (χ0n) is 13.7. The molecule has 0 atom stereocenters. The molecule has 2 aromatic rings. The largest absolute Gasteiger partial charge is 0.352 e. The standard InChI is InChI=1S/C18H24N4/c1-14(2)21-9-11-22(12-10-21)18-15(3)13-17(19-20-18)16-7-5-4-6-8-16/h4-8,13-14H,9-12H2,1-3H3. The van der Waals surface area contributed by atoms with Gasteiger partial charge in [-0.25, -0.2) is 0 Å². The van der Waals surface area contributed by atoms with Crippen molar-refractivity contribution in [2.24, 2.45) is 0 Å². The van der Waals surface area contributed by atoms with Crippen LogP contribution in [0.3, 0.4) is 0 Å². The number of hydrogen-bond acceptors (Lipinski definition) is 4. The van der Waals surface area contributed by atoms with Crippen molar-refractivity contribution in [1.82, 2.24) is 15.1 Å². The van der Waals surface area contributed by atoms with Crippen LogP contribution in [0.1, 0.15) is 19.4 Å². The molecule has 1 aromatic heterocycles. The topological polar surface area (TPSA) is 32.3 Å². The van der Waals surface area contributed by atoms with E-state index in [1.807, 2.05) is 18.2 Å². The van der Waals surface area contributed by atoms with Crippen LogP contribution in [0.2, 0.25) is 0 Å². The van der Waals surface area contributed by atoms with Crippen LogP contribution in [0.5, 0.6) is 0 Å². The highest BCUT2D eigenvalue weighted by molar-refractivity contribution is 5.61. The predicted octanol–water partition coefficient (Wildman–Crippen LogP) is 2.98. The molecule has 1 aliphatic rings. The summed E-state index contributed by atoms with van der Waals surface area (Å²) >= 11 is 0. The minimum absolute atomic E-state index is 0.620. The van der Waals surface area contributed by atoms with Gasteiger partial charge in [-0.2, -0.15) is 0 Å². The van der Waals surface area contributed by atoms with E-state index >= 15 is 0 Å². The second kappa shape index (κ2) is 6.44. The van der Waals surface area contributed by atoms with E-state index in [4.69, 9.17) is 0 Å². The summed E-state index contributed by atoms with van der Waals surface area (Å²) in [5.74, 6) is 1.03. The van der Waals surface area contributed by atoms with Gasteiger partial charge in [0.1, 0.15) is 0 Å². The van der Waals surface area contributed by atoms with Gasteiger partial charge in [0.15, 0.2) is 5.82 Å². The van der Waals surface area contributed by atoms with Gasteiger partial charge in [0.2, 0.25) is 0 Å².